The first-order valence-electron chi connectivity index (χ1n) is 4.81. The topological polar surface area (TPSA) is 48.1 Å². The minimum atomic E-state index is 0.361. The van der Waals surface area contributed by atoms with Crippen LogP contribution in [0.25, 0.3) is 0 Å². The number of pyridine rings is 1. The van der Waals surface area contributed by atoms with Gasteiger partial charge in [0.2, 0.25) is 5.88 Å². The third-order valence-corrected chi connectivity index (χ3v) is 2.33. The van der Waals surface area contributed by atoms with E-state index in [0.29, 0.717) is 22.3 Å². The van der Waals surface area contributed by atoms with Gasteiger partial charge in [-0.3, -0.25) is 0 Å². The lowest BCUT2D eigenvalue weighted by molar-refractivity contribution is 0.463. The summed E-state index contributed by atoms with van der Waals surface area (Å²) in [7, 11) is 0. The van der Waals surface area contributed by atoms with Gasteiger partial charge in [0.25, 0.3) is 0 Å². The van der Waals surface area contributed by atoms with Crippen molar-refractivity contribution in [3.63, 3.8) is 0 Å². The number of ether oxygens (including phenoxy) is 1. The molecule has 3 nitrogen and oxygen atoms in total. The maximum absolute atomic E-state index is 5.94. The highest BCUT2D eigenvalue weighted by Gasteiger charge is 2.04. The number of hydrogen-bond acceptors (Lipinski definition) is 3. The molecule has 0 unspecified atom stereocenters. The summed E-state index contributed by atoms with van der Waals surface area (Å²) in [5, 5.41) is 0.403. The van der Waals surface area contributed by atoms with Crippen LogP contribution in [-0.4, -0.2) is 4.98 Å². The van der Waals surface area contributed by atoms with Crippen LogP contribution in [0.4, 0.5) is 5.69 Å². The van der Waals surface area contributed by atoms with Gasteiger partial charge in [0.05, 0.1) is 11.9 Å². The summed E-state index contributed by atoms with van der Waals surface area (Å²) in [6.45, 7) is 2.01. The molecule has 16 heavy (non-hydrogen) atoms. The fourth-order valence-electron chi connectivity index (χ4n) is 1.23. The van der Waals surface area contributed by atoms with Crippen molar-refractivity contribution >= 4 is 17.3 Å². The van der Waals surface area contributed by atoms with E-state index >= 15 is 0 Å². The molecule has 0 aliphatic rings. The van der Waals surface area contributed by atoms with Crippen molar-refractivity contribution in [2.45, 2.75) is 6.92 Å². The summed E-state index contributed by atoms with van der Waals surface area (Å²) in [6, 6.07) is 9.26. The number of rotatable bonds is 2. The Morgan fingerprint density at radius 2 is 1.94 bits per heavy atom. The van der Waals surface area contributed by atoms with Gasteiger partial charge >= 0.3 is 0 Å². The maximum Gasteiger partial charge on any atom is 0.238 e. The third-order valence-electron chi connectivity index (χ3n) is 2.06. The monoisotopic (exact) mass is 234 g/mol. The molecule has 0 saturated heterocycles. The molecule has 4 heteroatoms. The van der Waals surface area contributed by atoms with Crippen molar-refractivity contribution in [3.05, 3.63) is 47.1 Å². The Bertz CT molecular complexity index is 497. The number of nitrogens with zero attached hydrogens (tertiary/aromatic N) is 1. The number of hydrogen-bond donors (Lipinski definition) is 1. The number of benzene rings is 1. The molecule has 0 saturated carbocycles. The SMILES string of the molecule is Cc1ccc(Oc2ncc(N)cc2Cl)cc1. The summed E-state index contributed by atoms with van der Waals surface area (Å²) in [4.78, 5) is 4.02. The zero-order chi connectivity index (χ0) is 11.5. The summed E-state index contributed by atoms with van der Waals surface area (Å²) in [6.07, 6.45) is 1.51. The van der Waals surface area contributed by atoms with E-state index in [4.69, 9.17) is 22.1 Å². The second kappa shape index (κ2) is 4.41. The molecule has 0 bridgehead atoms. The molecule has 2 aromatic rings. The van der Waals surface area contributed by atoms with Gasteiger partial charge in [-0.25, -0.2) is 4.98 Å². The molecule has 1 aromatic carbocycles. The Morgan fingerprint density at radius 3 is 2.56 bits per heavy atom. The molecule has 0 amide bonds. The van der Waals surface area contributed by atoms with Crippen molar-refractivity contribution in [2.75, 3.05) is 5.73 Å². The summed E-state index contributed by atoms with van der Waals surface area (Å²) >= 11 is 5.94. The first kappa shape index (κ1) is 10.8. The molecule has 0 atom stereocenters. The van der Waals surface area contributed by atoms with Crippen molar-refractivity contribution in [1.82, 2.24) is 4.98 Å². The Balaban J connectivity index is 2.23. The van der Waals surface area contributed by atoms with Gasteiger partial charge in [-0.2, -0.15) is 0 Å². The fraction of sp³-hybridized carbons (Fsp3) is 0.0833. The van der Waals surface area contributed by atoms with Crippen molar-refractivity contribution in [2.24, 2.45) is 0 Å². The van der Waals surface area contributed by atoms with Crippen LogP contribution in [0.15, 0.2) is 36.5 Å². The molecular weight excluding hydrogens is 224 g/mol. The average molecular weight is 235 g/mol. The Kier molecular flexibility index (Phi) is 2.97. The van der Waals surface area contributed by atoms with Crippen LogP contribution >= 0.6 is 11.6 Å². The van der Waals surface area contributed by atoms with Gasteiger partial charge in [0, 0.05) is 0 Å². The van der Waals surface area contributed by atoms with Crippen LogP contribution < -0.4 is 10.5 Å². The van der Waals surface area contributed by atoms with Gasteiger partial charge in [-0.15, -0.1) is 0 Å². The predicted molar refractivity (Wildman–Crippen MR) is 64.9 cm³/mol. The molecule has 2 N–H and O–H groups in total. The molecular formula is C12H11ClN2O. The predicted octanol–water partition coefficient (Wildman–Crippen LogP) is 3.42. The minimum Gasteiger partial charge on any atom is -0.438 e. The van der Waals surface area contributed by atoms with E-state index in [0.717, 1.165) is 0 Å². The van der Waals surface area contributed by atoms with E-state index in [-0.39, 0.29) is 0 Å². The second-order valence-corrected chi connectivity index (χ2v) is 3.88. The number of nitrogen functional groups attached to an aromatic ring is 1. The molecule has 0 spiro atoms. The Hall–Kier alpha value is -1.74. The molecule has 82 valence electrons. The largest absolute Gasteiger partial charge is 0.438 e. The zero-order valence-corrected chi connectivity index (χ0v) is 9.53. The highest BCUT2D eigenvalue weighted by Crippen LogP contribution is 2.28. The van der Waals surface area contributed by atoms with Gasteiger partial charge in [-0.05, 0) is 25.1 Å². The van der Waals surface area contributed by atoms with E-state index in [1.165, 1.54) is 11.8 Å². The van der Waals surface area contributed by atoms with Gasteiger partial charge < -0.3 is 10.5 Å². The average Bonchev–Trinajstić information content (AvgIpc) is 2.25. The molecule has 0 fully saturated rings. The van der Waals surface area contributed by atoms with E-state index in [9.17, 15) is 0 Å². The van der Waals surface area contributed by atoms with Gasteiger partial charge in [-0.1, -0.05) is 29.3 Å². The summed E-state index contributed by atoms with van der Waals surface area (Å²) in [5.41, 5.74) is 7.22. The maximum atomic E-state index is 5.94. The van der Waals surface area contributed by atoms with E-state index in [1.54, 1.807) is 6.07 Å². The van der Waals surface area contributed by atoms with E-state index in [1.807, 2.05) is 31.2 Å². The number of anilines is 1. The quantitative estimate of drug-likeness (QED) is 0.866. The highest BCUT2D eigenvalue weighted by atomic mass is 35.5. The molecule has 1 aromatic heterocycles. The lowest BCUT2D eigenvalue weighted by Crippen LogP contribution is -1.92. The van der Waals surface area contributed by atoms with Gasteiger partial charge in [0.15, 0.2) is 0 Å². The van der Waals surface area contributed by atoms with Crippen molar-refractivity contribution in [1.29, 1.82) is 0 Å². The Morgan fingerprint density at radius 1 is 1.25 bits per heavy atom. The smallest absolute Gasteiger partial charge is 0.238 e. The second-order valence-electron chi connectivity index (χ2n) is 3.47. The highest BCUT2D eigenvalue weighted by molar-refractivity contribution is 6.32. The van der Waals surface area contributed by atoms with Crippen LogP contribution in [0.2, 0.25) is 5.02 Å². The molecule has 1 heterocycles. The minimum absolute atomic E-state index is 0.361. The fourth-order valence-corrected chi connectivity index (χ4v) is 1.45. The standard InChI is InChI=1S/C12H11ClN2O/c1-8-2-4-10(5-3-8)16-12-11(13)6-9(14)7-15-12/h2-7H,14H2,1H3. The number of aryl methyl sites for hydroxylation is 1. The van der Waals surface area contributed by atoms with Crippen molar-refractivity contribution < 1.29 is 4.74 Å². The third kappa shape index (κ3) is 2.44. The Labute approximate surface area is 98.8 Å². The molecule has 0 aliphatic heterocycles. The van der Waals surface area contributed by atoms with Crippen molar-refractivity contribution in [3.8, 4) is 11.6 Å². The number of nitrogens with two attached hydrogens (primary N) is 1. The van der Waals surface area contributed by atoms with Crippen LogP contribution in [-0.2, 0) is 0 Å². The zero-order valence-electron chi connectivity index (χ0n) is 8.77. The normalized spacial score (nSPS) is 10.1. The lowest BCUT2D eigenvalue weighted by atomic mass is 10.2. The van der Waals surface area contributed by atoms with Gasteiger partial charge in [0.1, 0.15) is 10.8 Å². The molecule has 2 rings (SSSR count). The lowest BCUT2D eigenvalue weighted by Gasteiger charge is -2.06. The van der Waals surface area contributed by atoms with Crippen LogP contribution in [0.3, 0.4) is 0 Å². The van der Waals surface area contributed by atoms with Crippen LogP contribution in [0.1, 0.15) is 5.56 Å². The molecule has 0 radical (unpaired) electrons. The summed E-state index contributed by atoms with van der Waals surface area (Å²) < 4.78 is 5.52. The number of halogens is 1. The number of aromatic nitrogens is 1. The van der Waals surface area contributed by atoms with E-state index in [2.05, 4.69) is 4.98 Å². The van der Waals surface area contributed by atoms with E-state index < -0.39 is 0 Å². The van der Waals surface area contributed by atoms with Crippen LogP contribution in [0.5, 0.6) is 11.6 Å². The summed E-state index contributed by atoms with van der Waals surface area (Å²) in [5.74, 6) is 1.06. The van der Waals surface area contributed by atoms with Crippen LogP contribution in [0, 0.1) is 6.92 Å². The first-order chi connectivity index (χ1) is 7.65. The first-order valence-corrected chi connectivity index (χ1v) is 5.18. The molecule has 0 aliphatic carbocycles.